The summed E-state index contributed by atoms with van der Waals surface area (Å²) >= 11 is -2.64. The molecule has 0 radical (unpaired) electrons. The molecule has 10 nitrogen and oxygen atoms in total. The molecule has 0 aliphatic heterocycles. The molecule has 2 bridgehead atoms. The average molecular weight is 438 g/mol. The first-order valence-electron chi connectivity index (χ1n) is 9.56. The van der Waals surface area contributed by atoms with Crippen molar-refractivity contribution >= 4 is 23.5 Å². The van der Waals surface area contributed by atoms with Crippen LogP contribution >= 0.6 is 0 Å². The molecule has 0 heterocycles. The number of ether oxygens (including phenoxy) is 3. The Kier molecular flexibility index (Phi) is 7.66. The number of rotatable bonds is 10. The van der Waals surface area contributed by atoms with Gasteiger partial charge in [0, 0.05) is 10.8 Å². The van der Waals surface area contributed by atoms with Crippen LogP contribution in [0.3, 0.4) is 0 Å². The van der Waals surface area contributed by atoms with Crippen molar-refractivity contribution in [2.45, 2.75) is 58.7 Å². The molecule has 168 valence electrons. The molecule has 0 aromatic rings. The van der Waals surface area contributed by atoms with Gasteiger partial charge in [-0.15, -0.1) is 0 Å². The zero-order valence-electron chi connectivity index (χ0n) is 16.9. The van der Waals surface area contributed by atoms with Gasteiger partial charge in [-0.25, -0.2) is 4.79 Å². The summed E-state index contributed by atoms with van der Waals surface area (Å²) in [6.07, 6.45) is -1.38. The van der Waals surface area contributed by atoms with E-state index >= 15 is 0 Å². The standard InChI is InChI=1S/C18H30O10S/c1-4-16(2,3)14(21)25-7-8-26-15(22)27-12-13(28-29(23)24)18(11-20)6-5-17(12,9-18)10-19/h12-13,19-20H,4-11H2,1-3H3,(H,23,24). The van der Waals surface area contributed by atoms with E-state index in [4.69, 9.17) is 22.9 Å². The van der Waals surface area contributed by atoms with Crippen LogP contribution < -0.4 is 0 Å². The zero-order chi connectivity index (χ0) is 21.9. The summed E-state index contributed by atoms with van der Waals surface area (Å²) in [6, 6.07) is 0. The van der Waals surface area contributed by atoms with Crippen LogP contribution in [0.4, 0.5) is 4.79 Å². The zero-order valence-corrected chi connectivity index (χ0v) is 17.7. The third kappa shape index (κ3) is 4.91. The molecule has 11 heteroatoms. The number of carbonyl (C=O) groups is 2. The van der Waals surface area contributed by atoms with Gasteiger partial charge >= 0.3 is 23.5 Å². The van der Waals surface area contributed by atoms with Gasteiger partial charge in [-0.1, -0.05) is 6.92 Å². The molecular formula is C18H30O10S. The van der Waals surface area contributed by atoms with Crippen LogP contribution in [0.1, 0.15) is 46.5 Å². The molecule has 5 unspecified atom stereocenters. The van der Waals surface area contributed by atoms with E-state index in [2.05, 4.69) is 0 Å². The highest BCUT2D eigenvalue weighted by molar-refractivity contribution is 7.74. The van der Waals surface area contributed by atoms with Gasteiger partial charge in [0.25, 0.3) is 0 Å². The van der Waals surface area contributed by atoms with E-state index in [1.165, 1.54) is 0 Å². The molecule has 29 heavy (non-hydrogen) atoms. The van der Waals surface area contributed by atoms with Gasteiger partial charge in [-0.05, 0) is 39.5 Å². The Hall–Kier alpha value is -1.27. The molecule has 3 N–H and O–H groups in total. The Morgan fingerprint density at radius 2 is 1.62 bits per heavy atom. The molecule has 2 aliphatic carbocycles. The normalized spacial score (nSPS) is 32.1. The van der Waals surface area contributed by atoms with Crippen molar-refractivity contribution < 1.29 is 47.0 Å². The van der Waals surface area contributed by atoms with Crippen molar-refractivity contribution in [1.29, 1.82) is 0 Å². The van der Waals surface area contributed by atoms with E-state index in [0.717, 1.165) is 0 Å². The summed E-state index contributed by atoms with van der Waals surface area (Å²) in [7, 11) is 0. The van der Waals surface area contributed by atoms with Crippen molar-refractivity contribution in [1.82, 2.24) is 0 Å². The van der Waals surface area contributed by atoms with E-state index in [0.29, 0.717) is 19.3 Å². The average Bonchev–Trinajstić information content (AvgIpc) is 3.18. The quantitative estimate of drug-likeness (QED) is 0.258. The molecular weight excluding hydrogens is 408 g/mol. The third-order valence-corrected chi connectivity index (χ3v) is 6.69. The van der Waals surface area contributed by atoms with Crippen LogP contribution in [0, 0.1) is 16.2 Å². The smallest absolute Gasteiger partial charge is 0.462 e. The Morgan fingerprint density at radius 3 is 2.14 bits per heavy atom. The maximum Gasteiger partial charge on any atom is 0.508 e. The topological polar surface area (TPSA) is 149 Å². The Bertz CT molecular complexity index is 638. The van der Waals surface area contributed by atoms with Crippen LogP contribution in [0.25, 0.3) is 0 Å². The summed E-state index contributed by atoms with van der Waals surface area (Å²) in [6.45, 7) is 4.30. The van der Waals surface area contributed by atoms with Crippen molar-refractivity contribution in [3.05, 3.63) is 0 Å². The van der Waals surface area contributed by atoms with Gasteiger partial charge in [0.15, 0.2) is 0 Å². The lowest BCUT2D eigenvalue weighted by Gasteiger charge is -2.38. The van der Waals surface area contributed by atoms with Crippen molar-refractivity contribution in [2.24, 2.45) is 16.2 Å². The third-order valence-electron chi connectivity index (χ3n) is 6.32. The lowest BCUT2D eigenvalue weighted by molar-refractivity contribution is -0.155. The number of aliphatic hydroxyl groups excluding tert-OH is 2. The number of fused-ring (bicyclic) bond motifs is 2. The first-order valence-corrected chi connectivity index (χ1v) is 10.6. The minimum absolute atomic E-state index is 0.145. The predicted octanol–water partition coefficient (Wildman–Crippen LogP) is 1.16. The van der Waals surface area contributed by atoms with Crippen LogP contribution in [0.5, 0.6) is 0 Å². The van der Waals surface area contributed by atoms with E-state index < -0.39 is 51.9 Å². The Labute approximate surface area is 172 Å². The highest BCUT2D eigenvalue weighted by Gasteiger charge is 2.68. The van der Waals surface area contributed by atoms with Gasteiger partial charge in [-0.2, -0.15) is 4.21 Å². The fraction of sp³-hybridized carbons (Fsp3) is 0.889. The number of hydrogen-bond donors (Lipinski definition) is 3. The highest BCUT2D eigenvalue weighted by Crippen LogP contribution is 2.63. The molecule has 0 spiro atoms. The Balaban J connectivity index is 1.95. The van der Waals surface area contributed by atoms with E-state index in [1.807, 2.05) is 6.92 Å². The maximum atomic E-state index is 12.1. The van der Waals surface area contributed by atoms with Crippen molar-refractivity contribution in [3.63, 3.8) is 0 Å². The Morgan fingerprint density at radius 1 is 1.07 bits per heavy atom. The van der Waals surface area contributed by atoms with Gasteiger partial charge in [-0.3, -0.25) is 13.5 Å². The van der Waals surface area contributed by atoms with Crippen LogP contribution in [0.2, 0.25) is 0 Å². The fourth-order valence-electron chi connectivity index (χ4n) is 4.12. The summed E-state index contributed by atoms with van der Waals surface area (Å²) in [5.41, 5.74) is -2.41. The molecule has 2 rings (SSSR count). The SMILES string of the molecule is CCC(C)(C)C(=O)OCCOC(=O)OC1C(OS(=O)O)C2(CO)CCC1(CO)C2. The fourth-order valence-corrected chi connectivity index (χ4v) is 4.60. The summed E-state index contributed by atoms with van der Waals surface area (Å²) in [4.78, 5) is 24.0. The van der Waals surface area contributed by atoms with Gasteiger partial charge < -0.3 is 24.4 Å². The largest absolute Gasteiger partial charge is 0.508 e. The van der Waals surface area contributed by atoms with Gasteiger partial charge in [0.1, 0.15) is 25.4 Å². The minimum atomic E-state index is -2.64. The molecule has 5 atom stereocenters. The lowest BCUT2D eigenvalue weighted by Crippen LogP contribution is -2.50. The number of esters is 1. The predicted molar refractivity (Wildman–Crippen MR) is 99.8 cm³/mol. The monoisotopic (exact) mass is 438 g/mol. The summed E-state index contributed by atoms with van der Waals surface area (Å²) in [5, 5.41) is 19.7. The second-order valence-corrected chi connectivity index (χ2v) is 9.09. The first-order chi connectivity index (χ1) is 13.6. The first kappa shape index (κ1) is 24.0. The van der Waals surface area contributed by atoms with Gasteiger partial charge in [0.2, 0.25) is 0 Å². The number of aliphatic hydroxyl groups is 2. The molecule has 0 saturated heterocycles. The van der Waals surface area contributed by atoms with Gasteiger partial charge in [0.05, 0.1) is 18.6 Å². The van der Waals surface area contributed by atoms with Crippen molar-refractivity contribution in [3.8, 4) is 0 Å². The highest BCUT2D eigenvalue weighted by atomic mass is 32.2. The van der Waals surface area contributed by atoms with Crippen LogP contribution in [-0.4, -0.2) is 69.7 Å². The number of hydrogen-bond acceptors (Lipinski definition) is 9. The second-order valence-electron chi connectivity index (χ2n) is 8.46. The molecule has 2 saturated carbocycles. The van der Waals surface area contributed by atoms with E-state index in [1.54, 1.807) is 13.8 Å². The summed E-state index contributed by atoms with van der Waals surface area (Å²) < 4.78 is 40.8. The van der Waals surface area contributed by atoms with Crippen LogP contribution in [0.15, 0.2) is 0 Å². The maximum absolute atomic E-state index is 12.1. The van der Waals surface area contributed by atoms with Crippen molar-refractivity contribution in [2.75, 3.05) is 26.4 Å². The lowest BCUT2D eigenvalue weighted by atomic mass is 9.78. The minimum Gasteiger partial charge on any atom is -0.462 e. The molecule has 0 aromatic heterocycles. The molecule has 0 aromatic carbocycles. The number of carbonyl (C=O) groups excluding carboxylic acids is 2. The molecule has 0 amide bonds. The van der Waals surface area contributed by atoms with Crippen LogP contribution in [-0.2, 0) is 34.5 Å². The second kappa shape index (κ2) is 9.25. The van der Waals surface area contributed by atoms with E-state index in [-0.39, 0.29) is 32.8 Å². The van der Waals surface area contributed by atoms with E-state index in [9.17, 15) is 24.0 Å². The molecule has 2 fully saturated rings. The molecule has 2 aliphatic rings. The summed E-state index contributed by atoms with van der Waals surface area (Å²) in [5.74, 6) is -0.409.